The number of benzene rings is 1. The lowest BCUT2D eigenvalue weighted by atomic mass is 10.1. The molecule has 0 spiro atoms. The first kappa shape index (κ1) is 13.9. The number of amides is 1. The largest absolute Gasteiger partial charge is 0.341 e. The summed E-state index contributed by atoms with van der Waals surface area (Å²) in [5.41, 5.74) is 6.44. The molecule has 1 aliphatic rings. The molecule has 0 radical (unpaired) electrons. The molecule has 1 aromatic rings. The lowest BCUT2D eigenvalue weighted by molar-refractivity contribution is -0.129. The number of carbonyl (C=O) groups excluding carboxylic acids is 1. The van der Waals surface area contributed by atoms with Crippen molar-refractivity contribution < 1.29 is 9.18 Å². The molecule has 1 fully saturated rings. The van der Waals surface area contributed by atoms with E-state index in [1.165, 1.54) is 12.1 Å². The highest BCUT2D eigenvalue weighted by Gasteiger charge is 2.23. The van der Waals surface area contributed by atoms with E-state index in [-0.39, 0.29) is 36.6 Å². The first-order chi connectivity index (χ1) is 7.65. The topological polar surface area (TPSA) is 46.3 Å². The number of hydrogen-bond donors (Lipinski definition) is 1. The first-order valence-electron chi connectivity index (χ1n) is 5.43. The van der Waals surface area contributed by atoms with Gasteiger partial charge in [0.05, 0.1) is 6.42 Å². The van der Waals surface area contributed by atoms with Crippen LogP contribution in [0, 0.1) is 5.82 Å². The minimum absolute atomic E-state index is 0. The summed E-state index contributed by atoms with van der Waals surface area (Å²) in [6.07, 6.45) is 1.11. The van der Waals surface area contributed by atoms with Crippen molar-refractivity contribution in [1.29, 1.82) is 0 Å². The molecule has 0 bridgehead atoms. The Morgan fingerprint density at radius 1 is 1.53 bits per heavy atom. The summed E-state index contributed by atoms with van der Waals surface area (Å²) >= 11 is 0. The van der Waals surface area contributed by atoms with E-state index in [2.05, 4.69) is 0 Å². The molecular weight excluding hydrogens is 243 g/mol. The molecule has 2 N–H and O–H groups in total. The summed E-state index contributed by atoms with van der Waals surface area (Å²) in [4.78, 5) is 13.6. The van der Waals surface area contributed by atoms with E-state index in [4.69, 9.17) is 5.73 Å². The van der Waals surface area contributed by atoms with Crippen molar-refractivity contribution in [2.75, 3.05) is 13.1 Å². The highest BCUT2D eigenvalue weighted by atomic mass is 35.5. The fourth-order valence-corrected chi connectivity index (χ4v) is 1.95. The Balaban J connectivity index is 0.00000144. The van der Waals surface area contributed by atoms with Gasteiger partial charge in [0.15, 0.2) is 0 Å². The quantitative estimate of drug-likeness (QED) is 0.871. The van der Waals surface area contributed by atoms with Crippen molar-refractivity contribution in [2.24, 2.45) is 5.73 Å². The van der Waals surface area contributed by atoms with Crippen molar-refractivity contribution in [3.63, 3.8) is 0 Å². The zero-order valence-electron chi connectivity index (χ0n) is 9.43. The summed E-state index contributed by atoms with van der Waals surface area (Å²) < 4.78 is 12.9. The van der Waals surface area contributed by atoms with Gasteiger partial charge >= 0.3 is 0 Å². The molecule has 1 aromatic carbocycles. The Kier molecular flexibility index (Phi) is 4.90. The summed E-state index contributed by atoms with van der Waals surface area (Å²) in [5.74, 6) is -0.276. The number of carbonyl (C=O) groups is 1. The second-order valence-corrected chi connectivity index (χ2v) is 4.20. The van der Waals surface area contributed by atoms with E-state index in [0.717, 1.165) is 13.0 Å². The van der Waals surface area contributed by atoms with Crippen molar-refractivity contribution in [3.05, 3.63) is 35.6 Å². The second-order valence-electron chi connectivity index (χ2n) is 4.20. The molecule has 0 unspecified atom stereocenters. The van der Waals surface area contributed by atoms with E-state index in [0.29, 0.717) is 12.1 Å². The smallest absolute Gasteiger partial charge is 0.227 e. The van der Waals surface area contributed by atoms with Crippen LogP contribution in [0.5, 0.6) is 0 Å². The number of rotatable bonds is 2. The average Bonchev–Trinajstić information content (AvgIpc) is 2.65. The second kappa shape index (κ2) is 5.98. The molecule has 0 aliphatic carbocycles. The van der Waals surface area contributed by atoms with Gasteiger partial charge < -0.3 is 10.6 Å². The van der Waals surface area contributed by atoms with Crippen molar-refractivity contribution >= 4 is 18.3 Å². The zero-order valence-corrected chi connectivity index (χ0v) is 10.3. The molecule has 1 saturated heterocycles. The predicted molar refractivity (Wildman–Crippen MR) is 66.5 cm³/mol. The van der Waals surface area contributed by atoms with E-state index < -0.39 is 0 Å². The highest BCUT2D eigenvalue weighted by molar-refractivity contribution is 5.85. The average molecular weight is 259 g/mol. The fraction of sp³-hybridized carbons (Fsp3) is 0.417. The van der Waals surface area contributed by atoms with Crippen LogP contribution in [0.1, 0.15) is 12.0 Å². The van der Waals surface area contributed by atoms with Crippen LogP contribution < -0.4 is 5.73 Å². The van der Waals surface area contributed by atoms with Gasteiger partial charge in [0.2, 0.25) is 5.91 Å². The van der Waals surface area contributed by atoms with E-state index in [9.17, 15) is 9.18 Å². The molecule has 2 rings (SSSR count). The van der Waals surface area contributed by atoms with Crippen LogP contribution in [0.15, 0.2) is 24.3 Å². The number of hydrogen-bond acceptors (Lipinski definition) is 2. The van der Waals surface area contributed by atoms with Gasteiger partial charge in [0.25, 0.3) is 0 Å². The normalized spacial score (nSPS) is 18.9. The summed E-state index contributed by atoms with van der Waals surface area (Å²) in [6, 6.07) is 6.25. The van der Waals surface area contributed by atoms with E-state index >= 15 is 0 Å². The van der Waals surface area contributed by atoms with Crippen LogP contribution in [-0.4, -0.2) is 29.9 Å². The van der Waals surface area contributed by atoms with Crippen LogP contribution in [-0.2, 0) is 11.2 Å². The van der Waals surface area contributed by atoms with Gasteiger partial charge in [0, 0.05) is 19.1 Å². The Bertz CT molecular complexity index is 400. The number of nitrogens with two attached hydrogens (primary N) is 1. The van der Waals surface area contributed by atoms with Crippen LogP contribution in [0.4, 0.5) is 4.39 Å². The maximum atomic E-state index is 12.9. The molecule has 1 atom stereocenters. The lowest BCUT2D eigenvalue weighted by Crippen LogP contribution is -2.32. The molecule has 0 saturated carbocycles. The van der Waals surface area contributed by atoms with E-state index in [1.54, 1.807) is 17.0 Å². The van der Waals surface area contributed by atoms with Gasteiger partial charge in [-0.15, -0.1) is 12.4 Å². The lowest BCUT2D eigenvalue weighted by Gasteiger charge is -2.15. The monoisotopic (exact) mass is 258 g/mol. The van der Waals surface area contributed by atoms with Gasteiger partial charge in [-0.25, -0.2) is 4.39 Å². The fourth-order valence-electron chi connectivity index (χ4n) is 1.95. The van der Waals surface area contributed by atoms with Crippen LogP contribution in [0.25, 0.3) is 0 Å². The predicted octanol–water partition coefficient (Wildman–Crippen LogP) is 1.35. The van der Waals surface area contributed by atoms with Crippen molar-refractivity contribution in [1.82, 2.24) is 4.90 Å². The zero-order chi connectivity index (χ0) is 11.5. The van der Waals surface area contributed by atoms with E-state index in [1.807, 2.05) is 0 Å². The van der Waals surface area contributed by atoms with Gasteiger partial charge in [-0.2, -0.15) is 0 Å². The van der Waals surface area contributed by atoms with Crippen LogP contribution in [0.3, 0.4) is 0 Å². The summed E-state index contributed by atoms with van der Waals surface area (Å²) in [6.45, 7) is 1.34. The maximum Gasteiger partial charge on any atom is 0.227 e. The molecule has 1 amide bonds. The molecule has 5 heteroatoms. The van der Waals surface area contributed by atoms with Gasteiger partial charge in [-0.1, -0.05) is 12.1 Å². The number of likely N-dealkylation sites (tertiary alicyclic amines) is 1. The number of halogens is 2. The molecule has 1 heterocycles. The van der Waals surface area contributed by atoms with Gasteiger partial charge in [-0.05, 0) is 24.1 Å². The maximum absolute atomic E-state index is 12.9. The van der Waals surface area contributed by atoms with Crippen molar-refractivity contribution in [3.8, 4) is 0 Å². The molecule has 94 valence electrons. The van der Waals surface area contributed by atoms with Crippen molar-refractivity contribution in [2.45, 2.75) is 18.9 Å². The Labute approximate surface area is 106 Å². The van der Waals surface area contributed by atoms with Crippen LogP contribution in [0.2, 0.25) is 0 Å². The standard InChI is InChI=1S/C12H15FN2O.ClH/c13-10-3-1-2-9(6-10)7-12(16)15-5-4-11(14)8-15;/h1-3,6,11H,4-5,7-8,14H2;1H/t11-;/m0./s1. The van der Waals surface area contributed by atoms with Gasteiger partial charge in [0.1, 0.15) is 5.82 Å². The molecule has 3 nitrogen and oxygen atoms in total. The minimum Gasteiger partial charge on any atom is -0.341 e. The Morgan fingerprint density at radius 3 is 2.88 bits per heavy atom. The Morgan fingerprint density at radius 2 is 2.29 bits per heavy atom. The molecule has 17 heavy (non-hydrogen) atoms. The summed E-state index contributed by atoms with van der Waals surface area (Å²) in [7, 11) is 0. The SMILES string of the molecule is Cl.N[C@H]1CCN(C(=O)Cc2cccc(F)c2)C1. The number of nitrogens with zero attached hydrogens (tertiary/aromatic N) is 1. The molecule has 1 aliphatic heterocycles. The highest BCUT2D eigenvalue weighted by Crippen LogP contribution is 2.11. The third kappa shape index (κ3) is 3.68. The third-order valence-corrected chi connectivity index (χ3v) is 2.82. The summed E-state index contributed by atoms with van der Waals surface area (Å²) in [5, 5.41) is 0. The van der Waals surface area contributed by atoms with Gasteiger partial charge in [-0.3, -0.25) is 4.79 Å². The first-order valence-corrected chi connectivity index (χ1v) is 5.43. The molecule has 0 aromatic heterocycles. The Hall–Kier alpha value is -1.13. The van der Waals surface area contributed by atoms with Crippen LogP contribution >= 0.6 is 12.4 Å². The minimum atomic E-state index is -0.302. The third-order valence-electron chi connectivity index (χ3n) is 2.82. The molecular formula is C12H16ClFN2O.